The van der Waals surface area contributed by atoms with E-state index in [1.807, 2.05) is 30.0 Å². The summed E-state index contributed by atoms with van der Waals surface area (Å²) in [7, 11) is 1.55. The molecule has 0 unspecified atom stereocenters. The minimum absolute atomic E-state index is 0.214. The first-order valence-electron chi connectivity index (χ1n) is 10.7. The topological polar surface area (TPSA) is 70.6 Å². The van der Waals surface area contributed by atoms with Gasteiger partial charge >= 0.3 is 12.2 Å². The van der Waals surface area contributed by atoms with E-state index in [0.29, 0.717) is 60.5 Å². The van der Waals surface area contributed by atoms with Crippen molar-refractivity contribution in [2.75, 3.05) is 43.5 Å². The van der Waals surface area contributed by atoms with E-state index in [-0.39, 0.29) is 6.03 Å². The van der Waals surface area contributed by atoms with Crippen LogP contribution >= 0.6 is 0 Å². The molecule has 1 aromatic heterocycles. The number of carbonyl (C=O) groups excluding carboxylic acids is 1. The van der Waals surface area contributed by atoms with E-state index in [2.05, 4.69) is 15.3 Å². The Morgan fingerprint density at radius 3 is 2.32 bits per heavy atom. The number of nitrogens with one attached hydrogen (secondary N) is 1. The fourth-order valence-electron chi connectivity index (χ4n) is 3.73. The fourth-order valence-corrected chi connectivity index (χ4v) is 3.73. The summed E-state index contributed by atoms with van der Waals surface area (Å²) in [4.78, 5) is 25.4. The zero-order valence-electron chi connectivity index (χ0n) is 18.8. The standard InChI is InChI=1S/C24H24F3N5O2/c1-16-15-21(30-22(28-16)17-7-9-18(10-8-17)24(25,26)27)31-11-13-32(14-12-31)23(33)29-19-5-3-4-6-20(19)34-2/h3-10,15H,11-14H2,1-2H3,(H,29,33). The van der Waals surface area contributed by atoms with Crippen LogP contribution in [0.5, 0.6) is 5.75 Å². The van der Waals surface area contributed by atoms with E-state index in [0.717, 1.165) is 12.1 Å². The average Bonchev–Trinajstić information content (AvgIpc) is 2.83. The van der Waals surface area contributed by atoms with Gasteiger partial charge in [0, 0.05) is 43.5 Å². The number of halogens is 3. The third-order valence-electron chi connectivity index (χ3n) is 5.55. The Bertz CT molecular complexity index is 1160. The van der Waals surface area contributed by atoms with Crippen molar-refractivity contribution in [2.24, 2.45) is 0 Å². The summed E-state index contributed by atoms with van der Waals surface area (Å²) < 4.78 is 43.9. The van der Waals surface area contributed by atoms with E-state index in [1.54, 1.807) is 24.1 Å². The summed E-state index contributed by atoms with van der Waals surface area (Å²) in [5.41, 5.74) is 1.10. The van der Waals surface area contributed by atoms with Gasteiger partial charge in [0.15, 0.2) is 5.82 Å². The van der Waals surface area contributed by atoms with E-state index in [9.17, 15) is 18.0 Å². The van der Waals surface area contributed by atoms with E-state index in [4.69, 9.17) is 4.74 Å². The number of para-hydroxylation sites is 2. The molecule has 2 aromatic carbocycles. The number of amides is 2. The Morgan fingerprint density at radius 1 is 1.00 bits per heavy atom. The van der Waals surface area contributed by atoms with Gasteiger partial charge in [-0.05, 0) is 31.2 Å². The van der Waals surface area contributed by atoms with Crippen LogP contribution in [-0.4, -0.2) is 54.2 Å². The summed E-state index contributed by atoms with van der Waals surface area (Å²) >= 11 is 0. The van der Waals surface area contributed by atoms with E-state index >= 15 is 0 Å². The number of hydrogen-bond acceptors (Lipinski definition) is 5. The van der Waals surface area contributed by atoms with Crippen LogP contribution in [0.2, 0.25) is 0 Å². The van der Waals surface area contributed by atoms with Crippen molar-refractivity contribution in [3.63, 3.8) is 0 Å². The van der Waals surface area contributed by atoms with Crippen molar-refractivity contribution in [2.45, 2.75) is 13.1 Å². The second-order valence-corrected chi connectivity index (χ2v) is 7.87. The van der Waals surface area contributed by atoms with Crippen LogP contribution in [0.3, 0.4) is 0 Å². The van der Waals surface area contributed by atoms with Crippen molar-refractivity contribution >= 4 is 17.5 Å². The maximum absolute atomic E-state index is 12.9. The van der Waals surface area contributed by atoms with Gasteiger partial charge in [-0.15, -0.1) is 0 Å². The smallest absolute Gasteiger partial charge is 0.416 e. The Balaban J connectivity index is 1.43. The molecule has 0 radical (unpaired) electrons. The maximum Gasteiger partial charge on any atom is 0.416 e. The van der Waals surface area contributed by atoms with Crippen molar-refractivity contribution in [3.8, 4) is 17.1 Å². The molecular weight excluding hydrogens is 447 g/mol. The Hall–Kier alpha value is -3.82. The Kier molecular flexibility index (Phi) is 6.58. The van der Waals surface area contributed by atoms with E-state index in [1.165, 1.54) is 12.1 Å². The molecule has 7 nitrogen and oxygen atoms in total. The van der Waals surface area contributed by atoms with Crippen molar-refractivity contribution in [1.29, 1.82) is 0 Å². The predicted molar refractivity (Wildman–Crippen MR) is 123 cm³/mol. The number of anilines is 2. The molecule has 0 bridgehead atoms. The first kappa shape index (κ1) is 23.3. The van der Waals surface area contributed by atoms with Crippen molar-refractivity contribution < 1.29 is 22.7 Å². The molecule has 1 aliphatic rings. The van der Waals surface area contributed by atoms with Gasteiger partial charge in [-0.3, -0.25) is 0 Å². The lowest BCUT2D eigenvalue weighted by Crippen LogP contribution is -2.50. The largest absolute Gasteiger partial charge is 0.495 e. The number of ether oxygens (including phenoxy) is 1. The first-order valence-corrected chi connectivity index (χ1v) is 10.7. The number of benzene rings is 2. The van der Waals surface area contributed by atoms with Crippen LogP contribution < -0.4 is 15.0 Å². The molecule has 4 rings (SSSR count). The summed E-state index contributed by atoms with van der Waals surface area (Å²) in [5.74, 6) is 1.62. The van der Waals surface area contributed by atoms with Crippen LogP contribution in [-0.2, 0) is 6.18 Å². The highest BCUT2D eigenvalue weighted by molar-refractivity contribution is 5.91. The number of urea groups is 1. The van der Waals surface area contributed by atoms with Crippen LogP contribution in [0.25, 0.3) is 11.4 Å². The highest BCUT2D eigenvalue weighted by Gasteiger charge is 2.30. The highest BCUT2D eigenvalue weighted by atomic mass is 19.4. The molecule has 1 aliphatic heterocycles. The fraction of sp³-hybridized carbons (Fsp3) is 0.292. The molecule has 0 aliphatic carbocycles. The van der Waals surface area contributed by atoms with Crippen molar-refractivity contribution in [3.05, 3.63) is 65.9 Å². The summed E-state index contributed by atoms with van der Waals surface area (Å²) in [6.07, 6.45) is -4.39. The van der Waals surface area contributed by atoms with Gasteiger partial charge in [0.1, 0.15) is 11.6 Å². The normalized spacial score (nSPS) is 14.1. The molecule has 1 fully saturated rings. The number of aryl methyl sites for hydroxylation is 1. The molecule has 178 valence electrons. The number of aromatic nitrogens is 2. The summed E-state index contributed by atoms with van der Waals surface area (Å²) in [6.45, 7) is 3.90. The number of nitrogens with zero attached hydrogens (tertiary/aromatic N) is 4. The average molecular weight is 471 g/mol. The lowest BCUT2D eigenvalue weighted by atomic mass is 10.1. The Morgan fingerprint density at radius 2 is 1.68 bits per heavy atom. The molecule has 2 amide bonds. The van der Waals surface area contributed by atoms with Gasteiger partial charge in [-0.1, -0.05) is 24.3 Å². The SMILES string of the molecule is COc1ccccc1NC(=O)N1CCN(c2cc(C)nc(-c3ccc(C(F)(F)F)cc3)n2)CC1. The van der Waals surface area contributed by atoms with Gasteiger partial charge in [-0.25, -0.2) is 14.8 Å². The molecule has 1 saturated heterocycles. The second-order valence-electron chi connectivity index (χ2n) is 7.87. The molecular formula is C24H24F3N5O2. The van der Waals surface area contributed by atoms with Gasteiger partial charge < -0.3 is 19.9 Å². The number of carbonyl (C=O) groups is 1. The van der Waals surface area contributed by atoms with Crippen LogP contribution in [0.4, 0.5) is 29.5 Å². The number of hydrogen-bond donors (Lipinski definition) is 1. The van der Waals surface area contributed by atoms with Crippen LogP contribution in [0.1, 0.15) is 11.3 Å². The molecule has 34 heavy (non-hydrogen) atoms. The molecule has 0 spiro atoms. The predicted octanol–water partition coefficient (Wildman–Crippen LogP) is 4.83. The summed E-state index contributed by atoms with van der Waals surface area (Å²) in [5, 5.41) is 2.88. The third-order valence-corrected chi connectivity index (χ3v) is 5.55. The zero-order valence-corrected chi connectivity index (χ0v) is 18.8. The second kappa shape index (κ2) is 9.58. The van der Waals surface area contributed by atoms with Gasteiger partial charge in [0.2, 0.25) is 0 Å². The zero-order chi connectivity index (χ0) is 24.3. The molecule has 10 heteroatoms. The first-order chi connectivity index (χ1) is 16.2. The Labute approximate surface area is 195 Å². The van der Waals surface area contributed by atoms with Crippen molar-refractivity contribution in [1.82, 2.24) is 14.9 Å². The van der Waals surface area contributed by atoms with Gasteiger partial charge in [0.05, 0.1) is 18.4 Å². The molecule has 1 N–H and O–H groups in total. The van der Waals surface area contributed by atoms with Crippen LogP contribution in [0.15, 0.2) is 54.6 Å². The minimum atomic E-state index is -4.39. The number of rotatable bonds is 4. The quantitative estimate of drug-likeness (QED) is 0.590. The summed E-state index contributed by atoms with van der Waals surface area (Å²) in [6, 6.07) is 13.6. The lowest BCUT2D eigenvalue weighted by Gasteiger charge is -2.35. The molecule has 0 atom stereocenters. The monoisotopic (exact) mass is 471 g/mol. The number of piperazine rings is 1. The maximum atomic E-state index is 12.9. The minimum Gasteiger partial charge on any atom is -0.495 e. The molecule has 0 saturated carbocycles. The third kappa shape index (κ3) is 5.22. The lowest BCUT2D eigenvalue weighted by molar-refractivity contribution is -0.137. The number of methoxy groups -OCH3 is 1. The molecule has 3 aromatic rings. The van der Waals surface area contributed by atoms with Gasteiger partial charge in [-0.2, -0.15) is 13.2 Å². The molecule has 2 heterocycles. The van der Waals surface area contributed by atoms with E-state index < -0.39 is 11.7 Å². The van der Waals surface area contributed by atoms with Gasteiger partial charge in [0.25, 0.3) is 0 Å². The highest BCUT2D eigenvalue weighted by Crippen LogP contribution is 2.31. The number of alkyl halides is 3. The van der Waals surface area contributed by atoms with Crippen LogP contribution in [0, 0.1) is 6.92 Å².